The number of phenols is 1. The van der Waals surface area contributed by atoms with E-state index in [9.17, 15) is 5.11 Å². The van der Waals surface area contributed by atoms with Crippen LogP contribution < -0.4 is 10.1 Å². The van der Waals surface area contributed by atoms with E-state index in [1.54, 1.807) is 22.7 Å². The molecule has 0 fully saturated rings. The largest absolute Gasteiger partial charge is 0.508 e. The van der Waals surface area contributed by atoms with E-state index in [2.05, 4.69) is 20.3 Å². The van der Waals surface area contributed by atoms with Crippen molar-refractivity contribution < 1.29 is 9.84 Å². The van der Waals surface area contributed by atoms with Gasteiger partial charge in [0.15, 0.2) is 5.65 Å². The maximum Gasteiger partial charge on any atom is 0.247 e. The van der Waals surface area contributed by atoms with Gasteiger partial charge in [-0.15, -0.1) is 5.10 Å². The lowest BCUT2D eigenvalue weighted by molar-refractivity contribution is 0.261. The molecule has 2 aromatic heterocycles. The molecule has 0 aliphatic heterocycles. The molecular formula is C22H22ClN5O2. The molecule has 0 spiro atoms. The molecule has 0 aliphatic rings. The number of hydrogen-bond acceptors (Lipinski definition) is 6. The van der Waals surface area contributed by atoms with E-state index in [4.69, 9.17) is 16.3 Å². The lowest BCUT2D eigenvalue weighted by Gasteiger charge is -2.11. The number of halogens is 1. The van der Waals surface area contributed by atoms with Gasteiger partial charge < -0.3 is 20.1 Å². The molecule has 4 rings (SSSR count). The zero-order valence-corrected chi connectivity index (χ0v) is 17.5. The zero-order chi connectivity index (χ0) is 21.1. The molecule has 0 saturated carbocycles. The van der Waals surface area contributed by atoms with Gasteiger partial charge in [-0.1, -0.05) is 17.7 Å². The van der Waals surface area contributed by atoms with Crippen LogP contribution in [0.1, 0.15) is 0 Å². The maximum absolute atomic E-state index is 9.77. The molecule has 2 N–H and O–H groups in total. The standard InChI is InChI=1S/C22H22ClN5O2/c1-27(2)10-11-30-18-5-3-4-16(12-18)24-22-25-21-9-6-15(14-28(21)26-22)19-13-17(29)7-8-20(19)23/h3-9,12-14,29H,10-11H2,1-2H3,(H,24,26). The van der Waals surface area contributed by atoms with Crippen LogP contribution in [0.25, 0.3) is 16.8 Å². The molecule has 8 heteroatoms. The van der Waals surface area contributed by atoms with E-state index in [0.717, 1.165) is 29.1 Å². The lowest BCUT2D eigenvalue weighted by Crippen LogP contribution is -2.19. The number of aromatic nitrogens is 3. The normalized spacial score (nSPS) is 11.2. The number of nitrogens with zero attached hydrogens (tertiary/aromatic N) is 4. The highest BCUT2D eigenvalue weighted by Gasteiger charge is 2.09. The van der Waals surface area contributed by atoms with Gasteiger partial charge in [-0.05, 0) is 56.6 Å². The summed E-state index contributed by atoms with van der Waals surface area (Å²) >= 11 is 6.28. The molecule has 0 saturated heterocycles. The van der Waals surface area contributed by atoms with Crippen LogP contribution in [-0.2, 0) is 0 Å². The Morgan fingerprint density at radius 2 is 2.00 bits per heavy atom. The van der Waals surface area contributed by atoms with Crippen molar-refractivity contribution in [2.24, 2.45) is 0 Å². The van der Waals surface area contributed by atoms with Gasteiger partial charge in [-0.3, -0.25) is 0 Å². The Kier molecular flexibility index (Phi) is 5.74. The Bertz CT molecular complexity index is 1180. The number of nitrogens with one attached hydrogen (secondary N) is 1. The highest BCUT2D eigenvalue weighted by Crippen LogP contribution is 2.31. The first-order valence-electron chi connectivity index (χ1n) is 9.48. The van der Waals surface area contributed by atoms with E-state index < -0.39 is 0 Å². The van der Waals surface area contributed by atoms with Gasteiger partial charge in [-0.25, -0.2) is 4.52 Å². The molecule has 0 radical (unpaired) electrons. The van der Waals surface area contributed by atoms with Gasteiger partial charge in [-0.2, -0.15) is 4.98 Å². The summed E-state index contributed by atoms with van der Waals surface area (Å²) in [7, 11) is 4.02. The first kappa shape index (κ1) is 20.0. The molecule has 0 atom stereocenters. The number of anilines is 2. The van der Waals surface area contributed by atoms with Gasteiger partial charge in [0.25, 0.3) is 0 Å². The zero-order valence-electron chi connectivity index (χ0n) is 16.7. The molecule has 7 nitrogen and oxygen atoms in total. The van der Waals surface area contributed by atoms with Gasteiger partial charge in [0.05, 0.1) is 0 Å². The molecule has 0 bridgehead atoms. The number of hydrogen-bond donors (Lipinski definition) is 2. The number of rotatable bonds is 7. The van der Waals surface area contributed by atoms with E-state index in [1.807, 2.05) is 56.7 Å². The predicted molar refractivity (Wildman–Crippen MR) is 119 cm³/mol. The summed E-state index contributed by atoms with van der Waals surface area (Å²) in [6.45, 7) is 1.46. The van der Waals surface area contributed by atoms with Gasteiger partial charge in [0, 0.05) is 40.6 Å². The quantitative estimate of drug-likeness (QED) is 0.457. The molecule has 2 aromatic carbocycles. The Morgan fingerprint density at radius 3 is 2.83 bits per heavy atom. The third-order valence-corrected chi connectivity index (χ3v) is 4.82. The summed E-state index contributed by atoms with van der Waals surface area (Å²) in [6, 6.07) is 16.3. The van der Waals surface area contributed by atoms with E-state index in [0.29, 0.717) is 23.2 Å². The smallest absolute Gasteiger partial charge is 0.247 e. The molecule has 0 unspecified atom stereocenters. The lowest BCUT2D eigenvalue weighted by atomic mass is 10.1. The number of phenolic OH excluding ortho intramolecular Hbond substituents is 1. The van der Waals surface area contributed by atoms with Crippen LogP contribution in [0.4, 0.5) is 11.6 Å². The fourth-order valence-corrected chi connectivity index (χ4v) is 3.20. The van der Waals surface area contributed by atoms with Crippen molar-refractivity contribution in [3.8, 4) is 22.6 Å². The second kappa shape index (κ2) is 8.61. The Hall–Kier alpha value is -3.29. The molecule has 4 aromatic rings. The van der Waals surface area contributed by atoms with E-state index in [1.165, 1.54) is 0 Å². The first-order chi connectivity index (χ1) is 14.5. The van der Waals surface area contributed by atoms with Crippen molar-refractivity contribution in [2.75, 3.05) is 32.6 Å². The van der Waals surface area contributed by atoms with Crippen molar-refractivity contribution >= 4 is 28.9 Å². The predicted octanol–water partition coefficient (Wildman–Crippen LogP) is 4.44. The van der Waals surface area contributed by atoms with E-state index >= 15 is 0 Å². The average molecular weight is 424 g/mol. The fourth-order valence-electron chi connectivity index (χ4n) is 2.97. The second-order valence-corrected chi connectivity index (χ2v) is 7.53. The molecule has 30 heavy (non-hydrogen) atoms. The van der Waals surface area contributed by atoms with Crippen LogP contribution >= 0.6 is 11.6 Å². The summed E-state index contributed by atoms with van der Waals surface area (Å²) in [4.78, 5) is 6.58. The topological polar surface area (TPSA) is 74.9 Å². The van der Waals surface area contributed by atoms with Gasteiger partial charge in [0.1, 0.15) is 18.1 Å². The van der Waals surface area contributed by atoms with Gasteiger partial charge in [0.2, 0.25) is 5.95 Å². The summed E-state index contributed by atoms with van der Waals surface area (Å²) in [5.74, 6) is 1.41. The second-order valence-electron chi connectivity index (χ2n) is 7.12. The number of aromatic hydroxyl groups is 1. The Labute approximate surface area is 179 Å². The van der Waals surface area contributed by atoms with Crippen molar-refractivity contribution in [1.29, 1.82) is 0 Å². The molecule has 0 aliphatic carbocycles. The SMILES string of the molecule is CN(C)CCOc1cccc(Nc2nc3ccc(-c4cc(O)ccc4Cl)cn3n2)c1. The fraction of sp³-hybridized carbons (Fsp3) is 0.182. The third kappa shape index (κ3) is 4.64. The van der Waals surface area contributed by atoms with Crippen LogP contribution in [0, 0.1) is 0 Å². The summed E-state index contributed by atoms with van der Waals surface area (Å²) in [5, 5.41) is 18.0. The molecule has 0 amide bonds. The molecular weight excluding hydrogens is 402 g/mol. The molecule has 154 valence electrons. The van der Waals surface area contributed by atoms with Crippen LogP contribution in [0.15, 0.2) is 60.8 Å². The van der Waals surface area contributed by atoms with Crippen molar-refractivity contribution in [3.05, 3.63) is 65.8 Å². The monoisotopic (exact) mass is 423 g/mol. The Balaban J connectivity index is 1.54. The summed E-state index contributed by atoms with van der Waals surface area (Å²) in [6.07, 6.45) is 1.83. The first-order valence-corrected chi connectivity index (χ1v) is 9.86. The summed E-state index contributed by atoms with van der Waals surface area (Å²) < 4.78 is 7.46. The van der Waals surface area contributed by atoms with Crippen LogP contribution in [0.5, 0.6) is 11.5 Å². The number of benzene rings is 2. The van der Waals surface area contributed by atoms with Crippen molar-refractivity contribution in [1.82, 2.24) is 19.5 Å². The van der Waals surface area contributed by atoms with E-state index in [-0.39, 0.29) is 5.75 Å². The maximum atomic E-state index is 9.77. The van der Waals surface area contributed by atoms with Gasteiger partial charge >= 0.3 is 0 Å². The minimum Gasteiger partial charge on any atom is -0.508 e. The third-order valence-electron chi connectivity index (χ3n) is 4.49. The number of likely N-dealkylation sites (N-methyl/N-ethyl adjacent to an activating group) is 1. The number of fused-ring (bicyclic) bond motifs is 1. The number of pyridine rings is 1. The molecule has 2 heterocycles. The van der Waals surface area contributed by atoms with Crippen LogP contribution in [0.3, 0.4) is 0 Å². The van der Waals surface area contributed by atoms with Crippen LogP contribution in [-0.4, -0.2) is 51.9 Å². The average Bonchev–Trinajstić information content (AvgIpc) is 3.11. The highest BCUT2D eigenvalue weighted by molar-refractivity contribution is 6.33. The van der Waals surface area contributed by atoms with Crippen LogP contribution in [0.2, 0.25) is 5.02 Å². The minimum absolute atomic E-state index is 0.156. The van der Waals surface area contributed by atoms with Crippen molar-refractivity contribution in [3.63, 3.8) is 0 Å². The number of ether oxygens (including phenoxy) is 1. The summed E-state index contributed by atoms with van der Waals surface area (Å²) in [5.41, 5.74) is 3.09. The highest BCUT2D eigenvalue weighted by atomic mass is 35.5. The van der Waals surface area contributed by atoms with Crippen molar-refractivity contribution in [2.45, 2.75) is 0 Å². The Morgan fingerprint density at radius 1 is 1.13 bits per heavy atom. The minimum atomic E-state index is 0.156.